The zero-order valence-corrected chi connectivity index (χ0v) is 14.1. The maximum Gasteiger partial charge on any atom is 0.337 e. The molecule has 1 aromatic carbocycles. The number of ether oxygens (including phenoxy) is 2. The van der Waals surface area contributed by atoms with Crippen LogP contribution in [0.1, 0.15) is 30.1 Å². The highest BCUT2D eigenvalue weighted by Crippen LogP contribution is 2.19. The Balaban J connectivity index is 1.68. The second kappa shape index (κ2) is 7.11. The number of morpholine rings is 1. The fourth-order valence-electron chi connectivity index (χ4n) is 2.91. The van der Waals surface area contributed by atoms with Gasteiger partial charge in [0.1, 0.15) is 0 Å². The van der Waals surface area contributed by atoms with E-state index in [0.717, 1.165) is 18.7 Å². The Morgan fingerprint density at radius 1 is 1.25 bits per heavy atom. The first-order chi connectivity index (χ1) is 11.5. The lowest BCUT2D eigenvalue weighted by Crippen LogP contribution is -2.44. The summed E-state index contributed by atoms with van der Waals surface area (Å²) in [4.78, 5) is 18.1. The number of rotatable bonds is 4. The highest BCUT2D eigenvalue weighted by Gasteiger charge is 2.23. The van der Waals surface area contributed by atoms with Crippen LogP contribution < -0.4 is 0 Å². The quantitative estimate of drug-likeness (QED) is 0.794. The van der Waals surface area contributed by atoms with Crippen LogP contribution in [0.4, 0.5) is 0 Å². The van der Waals surface area contributed by atoms with E-state index in [2.05, 4.69) is 33.6 Å². The Kier molecular flexibility index (Phi) is 4.92. The van der Waals surface area contributed by atoms with Gasteiger partial charge >= 0.3 is 5.97 Å². The van der Waals surface area contributed by atoms with E-state index in [0.29, 0.717) is 23.8 Å². The summed E-state index contributed by atoms with van der Waals surface area (Å²) in [5, 5.41) is 4.02. The summed E-state index contributed by atoms with van der Waals surface area (Å²) in [5.41, 5.74) is 1.28. The molecule has 7 heteroatoms. The predicted molar refractivity (Wildman–Crippen MR) is 86.4 cm³/mol. The Bertz CT molecular complexity index is 688. The molecule has 2 aromatic rings. The van der Waals surface area contributed by atoms with Crippen LogP contribution in [0.25, 0.3) is 11.4 Å². The van der Waals surface area contributed by atoms with E-state index in [4.69, 9.17) is 9.26 Å². The van der Waals surface area contributed by atoms with Crippen molar-refractivity contribution in [2.75, 3.05) is 20.2 Å². The number of carbonyl (C=O) groups excluding carboxylic acids is 1. The Morgan fingerprint density at radius 2 is 1.92 bits per heavy atom. The van der Waals surface area contributed by atoms with Crippen molar-refractivity contribution in [3.05, 3.63) is 35.7 Å². The average Bonchev–Trinajstić information content (AvgIpc) is 3.01. The number of esters is 1. The molecule has 0 N–H and O–H groups in total. The molecular formula is C17H21N3O4. The molecule has 0 radical (unpaired) electrons. The van der Waals surface area contributed by atoms with Gasteiger partial charge in [-0.25, -0.2) is 4.79 Å². The molecule has 0 aliphatic carbocycles. The van der Waals surface area contributed by atoms with E-state index < -0.39 is 0 Å². The van der Waals surface area contributed by atoms with Gasteiger partial charge in [-0.05, 0) is 26.0 Å². The normalized spacial score (nSPS) is 21.6. The van der Waals surface area contributed by atoms with Gasteiger partial charge in [-0.2, -0.15) is 4.98 Å². The number of carbonyl (C=O) groups is 1. The summed E-state index contributed by atoms with van der Waals surface area (Å²) in [5.74, 6) is 0.713. The van der Waals surface area contributed by atoms with Crippen LogP contribution in [0.15, 0.2) is 28.8 Å². The van der Waals surface area contributed by atoms with Crippen molar-refractivity contribution in [1.82, 2.24) is 15.0 Å². The molecule has 0 amide bonds. The number of aromatic nitrogens is 2. The zero-order chi connectivity index (χ0) is 17.1. The standard InChI is InChI=1S/C17H21N3O4/c1-11-8-20(9-12(2)23-11)10-15-18-16(19-24-15)13-4-6-14(7-5-13)17(21)22-3/h4-7,11-12H,8-10H2,1-3H3/t11-,12+. The smallest absolute Gasteiger partial charge is 0.337 e. The molecule has 128 valence electrons. The Hall–Kier alpha value is -2.25. The van der Waals surface area contributed by atoms with E-state index in [1.807, 2.05) is 0 Å². The van der Waals surface area contributed by atoms with Crippen molar-refractivity contribution in [1.29, 1.82) is 0 Å². The number of hydrogen-bond acceptors (Lipinski definition) is 7. The van der Waals surface area contributed by atoms with E-state index in [-0.39, 0.29) is 18.2 Å². The molecule has 2 heterocycles. The molecule has 7 nitrogen and oxygen atoms in total. The van der Waals surface area contributed by atoms with Crippen molar-refractivity contribution in [2.45, 2.75) is 32.6 Å². The monoisotopic (exact) mass is 331 g/mol. The first-order valence-corrected chi connectivity index (χ1v) is 7.94. The van der Waals surface area contributed by atoms with Gasteiger partial charge in [-0.15, -0.1) is 0 Å². The third kappa shape index (κ3) is 3.80. The SMILES string of the molecule is COC(=O)c1ccc(-c2noc(CN3C[C@@H](C)O[C@@H](C)C3)n2)cc1. The topological polar surface area (TPSA) is 77.7 Å². The molecule has 1 aliphatic rings. The van der Waals surface area contributed by atoms with Gasteiger partial charge in [0, 0.05) is 18.7 Å². The van der Waals surface area contributed by atoms with Gasteiger partial charge in [0.2, 0.25) is 11.7 Å². The van der Waals surface area contributed by atoms with Crippen molar-refractivity contribution in [3.63, 3.8) is 0 Å². The van der Waals surface area contributed by atoms with Gasteiger partial charge in [-0.1, -0.05) is 17.3 Å². The lowest BCUT2D eigenvalue weighted by molar-refractivity contribution is -0.0725. The fourth-order valence-corrected chi connectivity index (χ4v) is 2.91. The average molecular weight is 331 g/mol. The second-order valence-corrected chi connectivity index (χ2v) is 6.03. The number of hydrogen-bond donors (Lipinski definition) is 0. The molecule has 1 aliphatic heterocycles. The van der Waals surface area contributed by atoms with Gasteiger partial charge in [-0.3, -0.25) is 4.90 Å². The van der Waals surface area contributed by atoms with E-state index in [1.54, 1.807) is 24.3 Å². The molecule has 1 saturated heterocycles. The minimum absolute atomic E-state index is 0.196. The van der Waals surface area contributed by atoms with Crippen LogP contribution in [0.5, 0.6) is 0 Å². The molecule has 24 heavy (non-hydrogen) atoms. The summed E-state index contributed by atoms with van der Waals surface area (Å²) in [6, 6.07) is 6.92. The summed E-state index contributed by atoms with van der Waals surface area (Å²) in [6.07, 6.45) is 0.393. The summed E-state index contributed by atoms with van der Waals surface area (Å²) < 4.78 is 15.8. The molecule has 1 fully saturated rings. The van der Waals surface area contributed by atoms with E-state index in [9.17, 15) is 4.79 Å². The molecule has 0 unspecified atom stereocenters. The summed E-state index contributed by atoms with van der Waals surface area (Å²) in [6.45, 7) is 6.41. The number of benzene rings is 1. The summed E-state index contributed by atoms with van der Waals surface area (Å²) in [7, 11) is 1.36. The lowest BCUT2D eigenvalue weighted by atomic mass is 10.1. The highest BCUT2D eigenvalue weighted by molar-refractivity contribution is 5.89. The first kappa shape index (κ1) is 16.6. The largest absolute Gasteiger partial charge is 0.465 e. The van der Waals surface area contributed by atoms with Crippen molar-refractivity contribution < 1.29 is 18.8 Å². The van der Waals surface area contributed by atoms with Crippen LogP contribution in [-0.2, 0) is 16.0 Å². The maximum absolute atomic E-state index is 11.5. The molecule has 0 spiro atoms. The van der Waals surface area contributed by atoms with E-state index in [1.165, 1.54) is 7.11 Å². The van der Waals surface area contributed by atoms with Crippen LogP contribution >= 0.6 is 0 Å². The van der Waals surface area contributed by atoms with Crippen LogP contribution in [0, 0.1) is 0 Å². The van der Waals surface area contributed by atoms with Crippen LogP contribution in [-0.4, -0.2) is 53.4 Å². The fraction of sp³-hybridized carbons (Fsp3) is 0.471. The Labute approximate surface area is 140 Å². The van der Waals surface area contributed by atoms with Crippen molar-refractivity contribution >= 4 is 5.97 Å². The Morgan fingerprint density at radius 3 is 2.54 bits per heavy atom. The molecule has 0 saturated carbocycles. The van der Waals surface area contributed by atoms with Crippen LogP contribution in [0.3, 0.4) is 0 Å². The maximum atomic E-state index is 11.5. The second-order valence-electron chi connectivity index (χ2n) is 6.03. The highest BCUT2D eigenvalue weighted by atomic mass is 16.5. The third-order valence-electron chi connectivity index (χ3n) is 3.89. The predicted octanol–water partition coefficient (Wildman–Crippen LogP) is 2.13. The van der Waals surface area contributed by atoms with Gasteiger partial charge in [0.15, 0.2) is 0 Å². The molecular weight excluding hydrogens is 310 g/mol. The first-order valence-electron chi connectivity index (χ1n) is 7.94. The molecule has 3 rings (SSSR count). The third-order valence-corrected chi connectivity index (χ3v) is 3.89. The molecule has 2 atom stereocenters. The van der Waals surface area contributed by atoms with Gasteiger partial charge in [0.05, 0.1) is 31.4 Å². The van der Waals surface area contributed by atoms with Crippen molar-refractivity contribution in [3.8, 4) is 11.4 Å². The zero-order valence-electron chi connectivity index (χ0n) is 14.1. The van der Waals surface area contributed by atoms with Crippen molar-refractivity contribution in [2.24, 2.45) is 0 Å². The summed E-state index contributed by atoms with van der Waals surface area (Å²) >= 11 is 0. The lowest BCUT2D eigenvalue weighted by Gasteiger charge is -2.34. The number of nitrogens with zero attached hydrogens (tertiary/aromatic N) is 3. The molecule has 0 bridgehead atoms. The minimum atomic E-state index is -0.370. The van der Waals surface area contributed by atoms with Gasteiger partial charge in [0.25, 0.3) is 0 Å². The number of methoxy groups -OCH3 is 1. The van der Waals surface area contributed by atoms with E-state index >= 15 is 0 Å². The van der Waals surface area contributed by atoms with Gasteiger partial charge < -0.3 is 14.0 Å². The van der Waals surface area contributed by atoms with Crippen LogP contribution in [0.2, 0.25) is 0 Å². The molecule has 1 aromatic heterocycles. The minimum Gasteiger partial charge on any atom is -0.465 e.